The SMILES string of the molecule is CC.Cc1cnc2cnc(N3CCCC3=O)cn12. The Morgan fingerprint density at radius 3 is 2.67 bits per heavy atom. The van der Waals surface area contributed by atoms with E-state index in [0.29, 0.717) is 6.42 Å². The second-order valence-electron chi connectivity index (χ2n) is 4.02. The van der Waals surface area contributed by atoms with Crippen molar-refractivity contribution < 1.29 is 4.79 Å². The molecule has 1 aliphatic rings. The molecule has 0 bridgehead atoms. The maximum atomic E-state index is 11.6. The first kappa shape index (κ1) is 12.5. The Labute approximate surface area is 106 Å². The van der Waals surface area contributed by atoms with E-state index in [4.69, 9.17) is 0 Å². The van der Waals surface area contributed by atoms with Crippen LogP contribution in [0.2, 0.25) is 0 Å². The summed E-state index contributed by atoms with van der Waals surface area (Å²) in [5, 5.41) is 0. The van der Waals surface area contributed by atoms with E-state index >= 15 is 0 Å². The molecule has 1 saturated heterocycles. The maximum absolute atomic E-state index is 11.6. The van der Waals surface area contributed by atoms with E-state index < -0.39 is 0 Å². The van der Waals surface area contributed by atoms with Gasteiger partial charge in [-0.15, -0.1) is 0 Å². The first-order chi connectivity index (χ1) is 8.75. The predicted molar refractivity (Wildman–Crippen MR) is 70.7 cm³/mol. The number of amides is 1. The van der Waals surface area contributed by atoms with Crippen molar-refractivity contribution in [2.75, 3.05) is 11.4 Å². The second kappa shape index (κ2) is 5.16. The molecule has 0 radical (unpaired) electrons. The fourth-order valence-corrected chi connectivity index (χ4v) is 2.03. The third-order valence-corrected chi connectivity index (χ3v) is 2.92. The van der Waals surface area contributed by atoms with Crippen LogP contribution in [0.5, 0.6) is 0 Å². The van der Waals surface area contributed by atoms with Crippen LogP contribution < -0.4 is 4.90 Å². The molecule has 1 amide bonds. The third kappa shape index (κ3) is 2.08. The van der Waals surface area contributed by atoms with Gasteiger partial charge in [-0.3, -0.25) is 14.1 Å². The van der Waals surface area contributed by atoms with E-state index in [-0.39, 0.29) is 5.91 Å². The van der Waals surface area contributed by atoms with E-state index in [9.17, 15) is 4.79 Å². The van der Waals surface area contributed by atoms with E-state index in [0.717, 1.165) is 30.1 Å². The summed E-state index contributed by atoms with van der Waals surface area (Å²) < 4.78 is 1.95. The minimum Gasteiger partial charge on any atom is -0.299 e. The van der Waals surface area contributed by atoms with Crippen molar-refractivity contribution in [2.24, 2.45) is 0 Å². The summed E-state index contributed by atoms with van der Waals surface area (Å²) >= 11 is 0. The number of carbonyl (C=O) groups is 1. The van der Waals surface area contributed by atoms with Gasteiger partial charge in [0.1, 0.15) is 0 Å². The molecule has 96 valence electrons. The smallest absolute Gasteiger partial charge is 0.228 e. The van der Waals surface area contributed by atoms with E-state index in [1.165, 1.54) is 0 Å². The van der Waals surface area contributed by atoms with Gasteiger partial charge in [-0.05, 0) is 13.3 Å². The van der Waals surface area contributed by atoms with Crippen LogP contribution in [-0.4, -0.2) is 26.8 Å². The highest BCUT2D eigenvalue weighted by Gasteiger charge is 2.23. The van der Waals surface area contributed by atoms with Gasteiger partial charge >= 0.3 is 0 Å². The Morgan fingerprint density at radius 2 is 2.00 bits per heavy atom. The zero-order valence-corrected chi connectivity index (χ0v) is 11.1. The molecule has 0 N–H and O–H groups in total. The van der Waals surface area contributed by atoms with Gasteiger partial charge in [0.25, 0.3) is 0 Å². The number of imidazole rings is 1. The van der Waals surface area contributed by atoms with Gasteiger partial charge in [0.2, 0.25) is 5.91 Å². The maximum Gasteiger partial charge on any atom is 0.228 e. The molecule has 0 atom stereocenters. The highest BCUT2D eigenvalue weighted by molar-refractivity contribution is 5.94. The first-order valence-corrected chi connectivity index (χ1v) is 6.36. The molecule has 1 fully saturated rings. The summed E-state index contributed by atoms with van der Waals surface area (Å²) in [6, 6.07) is 0. The molecule has 0 unspecified atom stereocenters. The van der Waals surface area contributed by atoms with E-state index in [2.05, 4.69) is 9.97 Å². The lowest BCUT2D eigenvalue weighted by atomic mass is 10.4. The molecule has 3 rings (SSSR count). The fraction of sp³-hybridized carbons (Fsp3) is 0.462. The molecule has 18 heavy (non-hydrogen) atoms. The van der Waals surface area contributed by atoms with Crippen molar-refractivity contribution in [3.05, 3.63) is 24.3 Å². The number of hydrogen-bond acceptors (Lipinski definition) is 3. The molecule has 0 spiro atoms. The number of fused-ring (bicyclic) bond motifs is 1. The van der Waals surface area contributed by atoms with Gasteiger partial charge in [-0.25, -0.2) is 9.97 Å². The van der Waals surface area contributed by atoms with E-state index in [1.54, 1.807) is 17.3 Å². The van der Waals surface area contributed by atoms with Gasteiger partial charge in [-0.2, -0.15) is 0 Å². The van der Waals surface area contributed by atoms with Crippen LogP contribution in [-0.2, 0) is 4.79 Å². The van der Waals surface area contributed by atoms with Crippen LogP contribution in [0.15, 0.2) is 18.6 Å². The molecule has 3 heterocycles. The average molecular weight is 246 g/mol. The topological polar surface area (TPSA) is 50.5 Å². The fourth-order valence-electron chi connectivity index (χ4n) is 2.03. The Balaban J connectivity index is 0.000000574. The Kier molecular flexibility index (Phi) is 3.60. The summed E-state index contributed by atoms with van der Waals surface area (Å²) in [5.41, 5.74) is 1.86. The Hall–Kier alpha value is -1.91. The van der Waals surface area contributed by atoms with Crippen LogP contribution in [0.1, 0.15) is 32.4 Å². The van der Waals surface area contributed by atoms with Crippen LogP contribution in [0.25, 0.3) is 5.65 Å². The van der Waals surface area contributed by atoms with Crippen molar-refractivity contribution in [2.45, 2.75) is 33.6 Å². The molecule has 0 saturated carbocycles. The van der Waals surface area contributed by atoms with Gasteiger partial charge in [0, 0.05) is 24.9 Å². The summed E-state index contributed by atoms with van der Waals surface area (Å²) in [5.74, 6) is 0.876. The van der Waals surface area contributed by atoms with Gasteiger partial charge in [0.05, 0.1) is 12.4 Å². The van der Waals surface area contributed by atoms with Crippen molar-refractivity contribution in [1.82, 2.24) is 14.4 Å². The van der Waals surface area contributed by atoms with E-state index in [1.807, 2.05) is 31.4 Å². The third-order valence-electron chi connectivity index (χ3n) is 2.92. The van der Waals surface area contributed by atoms with Crippen LogP contribution >= 0.6 is 0 Å². The number of carbonyl (C=O) groups excluding carboxylic acids is 1. The van der Waals surface area contributed by atoms with Crippen molar-refractivity contribution in [1.29, 1.82) is 0 Å². The number of rotatable bonds is 1. The quantitative estimate of drug-likeness (QED) is 0.775. The lowest BCUT2D eigenvalue weighted by Gasteiger charge is -2.14. The number of aromatic nitrogens is 3. The van der Waals surface area contributed by atoms with Crippen LogP contribution in [0.3, 0.4) is 0 Å². The zero-order valence-electron chi connectivity index (χ0n) is 11.1. The molecule has 2 aromatic rings. The average Bonchev–Trinajstić information content (AvgIpc) is 2.99. The highest BCUT2D eigenvalue weighted by atomic mass is 16.2. The molecule has 1 aliphatic heterocycles. The summed E-state index contributed by atoms with van der Waals surface area (Å²) in [4.78, 5) is 21.8. The Morgan fingerprint density at radius 1 is 1.22 bits per heavy atom. The number of hydrogen-bond donors (Lipinski definition) is 0. The molecule has 0 aromatic carbocycles. The largest absolute Gasteiger partial charge is 0.299 e. The van der Waals surface area contributed by atoms with Crippen molar-refractivity contribution >= 4 is 17.4 Å². The minimum absolute atomic E-state index is 0.157. The van der Waals surface area contributed by atoms with Gasteiger partial charge in [0.15, 0.2) is 11.5 Å². The molecular weight excluding hydrogens is 228 g/mol. The summed E-state index contributed by atoms with van der Waals surface area (Å²) in [6.45, 7) is 6.75. The normalized spacial score (nSPS) is 14.8. The molecule has 2 aromatic heterocycles. The zero-order chi connectivity index (χ0) is 13.1. The molecule has 0 aliphatic carbocycles. The Bertz CT molecular complexity index is 561. The van der Waals surface area contributed by atoms with Crippen LogP contribution in [0, 0.1) is 6.92 Å². The predicted octanol–water partition coefficient (Wildman–Crippen LogP) is 2.19. The minimum atomic E-state index is 0.157. The lowest BCUT2D eigenvalue weighted by Crippen LogP contribution is -2.25. The van der Waals surface area contributed by atoms with Gasteiger partial charge < -0.3 is 0 Å². The molecule has 5 heteroatoms. The van der Waals surface area contributed by atoms with Crippen molar-refractivity contribution in [3.8, 4) is 0 Å². The lowest BCUT2D eigenvalue weighted by molar-refractivity contribution is -0.117. The monoisotopic (exact) mass is 246 g/mol. The summed E-state index contributed by atoms with van der Waals surface area (Å²) in [6.07, 6.45) is 6.92. The summed E-state index contributed by atoms with van der Waals surface area (Å²) in [7, 11) is 0. The van der Waals surface area contributed by atoms with Crippen LogP contribution in [0.4, 0.5) is 5.82 Å². The van der Waals surface area contributed by atoms with Crippen molar-refractivity contribution in [3.63, 3.8) is 0 Å². The number of aryl methyl sites for hydroxylation is 1. The number of nitrogens with zero attached hydrogens (tertiary/aromatic N) is 4. The molecule has 5 nitrogen and oxygen atoms in total. The second-order valence-corrected chi connectivity index (χ2v) is 4.02. The van der Waals surface area contributed by atoms with Gasteiger partial charge in [-0.1, -0.05) is 13.8 Å². The molecular formula is C13H18N4O. The standard InChI is InChI=1S/C11H12N4O.C2H6/c1-8-5-12-9-6-13-10(7-15(8)9)14-4-2-3-11(14)16;1-2/h5-7H,2-4H2,1H3;1-2H3. The number of anilines is 1. The highest BCUT2D eigenvalue weighted by Crippen LogP contribution is 2.19. The first-order valence-electron chi connectivity index (χ1n) is 6.36.